The van der Waals surface area contributed by atoms with E-state index in [1.54, 1.807) is 10.6 Å². The van der Waals surface area contributed by atoms with Crippen LogP contribution in [0.4, 0.5) is 19.4 Å². The van der Waals surface area contributed by atoms with Crippen LogP contribution in [0.1, 0.15) is 13.3 Å². The Morgan fingerprint density at radius 3 is 2.74 bits per heavy atom. The van der Waals surface area contributed by atoms with Gasteiger partial charge in [0.25, 0.3) is 0 Å². The summed E-state index contributed by atoms with van der Waals surface area (Å²) in [6.07, 6.45) is -0.273. The van der Waals surface area contributed by atoms with Crippen LogP contribution in [-0.2, 0) is 6.54 Å². The summed E-state index contributed by atoms with van der Waals surface area (Å²) in [5.41, 5.74) is 0.784. The van der Waals surface area contributed by atoms with E-state index in [1.165, 1.54) is 28.8 Å². The van der Waals surface area contributed by atoms with Crippen molar-refractivity contribution in [2.45, 2.75) is 30.8 Å². The average Bonchev–Trinajstić information content (AvgIpc) is 3.01. The lowest BCUT2D eigenvalue weighted by atomic mass is 10.0. The molecule has 0 bridgehead atoms. The number of carboxylic acid groups (broad SMARTS) is 1. The van der Waals surface area contributed by atoms with Crippen LogP contribution in [0.5, 0.6) is 0 Å². The number of aromatic nitrogens is 2. The van der Waals surface area contributed by atoms with Crippen molar-refractivity contribution in [1.29, 1.82) is 0 Å². The van der Waals surface area contributed by atoms with E-state index in [0.29, 0.717) is 52.4 Å². The van der Waals surface area contributed by atoms with Gasteiger partial charge >= 0.3 is 11.8 Å². The number of thioether (sulfide) groups is 1. The molecule has 1 atom stereocenters. The summed E-state index contributed by atoms with van der Waals surface area (Å²) in [6.45, 7) is 3.26. The molecule has 0 spiro atoms. The minimum atomic E-state index is -0.988. The van der Waals surface area contributed by atoms with Gasteiger partial charge in [-0.2, -0.15) is 4.98 Å². The van der Waals surface area contributed by atoms with Gasteiger partial charge in [0.05, 0.1) is 10.5 Å². The van der Waals surface area contributed by atoms with Crippen molar-refractivity contribution >= 4 is 46.2 Å². The Hall–Kier alpha value is -2.85. The fourth-order valence-electron chi connectivity index (χ4n) is 4.71. The molecule has 34 heavy (non-hydrogen) atoms. The van der Waals surface area contributed by atoms with Gasteiger partial charge < -0.3 is 14.9 Å². The highest BCUT2D eigenvalue weighted by Crippen LogP contribution is 2.46. The monoisotopic (exact) mass is 506 g/mol. The summed E-state index contributed by atoms with van der Waals surface area (Å²) >= 11 is 8.20. The second kappa shape index (κ2) is 8.74. The number of piperazine rings is 1. The second-order valence-electron chi connectivity index (χ2n) is 8.43. The number of halogens is 3. The Labute approximate surface area is 202 Å². The van der Waals surface area contributed by atoms with Crippen LogP contribution in [0.3, 0.4) is 0 Å². The van der Waals surface area contributed by atoms with Crippen LogP contribution in [-0.4, -0.2) is 57.1 Å². The molecule has 0 saturated carbocycles. The largest absolute Gasteiger partial charge is 0.465 e. The van der Waals surface area contributed by atoms with Gasteiger partial charge in [0.1, 0.15) is 17.5 Å². The van der Waals surface area contributed by atoms with Crippen LogP contribution in [0.2, 0.25) is 5.02 Å². The molecule has 0 radical (unpaired) electrons. The van der Waals surface area contributed by atoms with Crippen LogP contribution in [0, 0.1) is 11.6 Å². The number of amides is 1. The van der Waals surface area contributed by atoms with Gasteiger partial charge in [-0.1, -0.05) is 11.6 Å². The lowest BCUT2D eigenvalue weighted by Gasteiger charge is -2.39. The molecule has 0 unspecified atom stereocenters. The lowest BCUT2D eigenvalue weighted by Crippen LogP contribution is -2.54. The fraction of sp³-hybridized carbons (Fsp3) is 0.348. The molecule has 7 nitrogen and oxygen atoms in total. The molecule has 1 N–H and O–H groups in total. The predicted molar refractivity (Wildman–Crippen MR) is 128 cm³/mol. The Kier molecular flexibility index (Phi) is 5.89. The summed E-state index contributed by atoms with van der Waals surface area (Å²) in [4.78, 5) is 32.9. The number of hydrogen-bond donors (Lipinski definition) is 1. The Morgan fingerprint density at radius 1 is 1.24 bits per heavy atom. The minimum Gasteiger partial charge on any atom is -0.465 e. The van der Waals surface area contributed by atoms with E-state index in [2.05, 4.69) is 4.98 Å². The van der Waals surface area contributed by atoms with Gasteiger partial charge in [0, 0.05) is 59.7 Å². The van der Waals surface area contributed by atoms with Crippen molar-refractivity contribution in [3.63, 3.8) is 0 Å². The van der Waals surface area contributed by atoms with Crippen LogP contribution < -0.4 is 10.6 Å². The summed E-state index contributed by atoms with van der Waals surface area (Å²) in [7, 11) is 0. The summed E-state index contributed by atoms with van der Waals surface area (Å²) in [5, 5.41) is 10.3. The van der Waals surface area contributed by atoms with Crippen molar-refractivity contribution in [3.8, 4) is 11.1 Å². The maximum Gasteiger partial charge on any atom is 0.407 e. The first-order chi connectivity index (χ1) is 16.3. The van der Waals surface area contributed by atoms with Crippen molar-refractivity contribution in [3.05, 3.63) is 51.4 Å². The molecule has 1 amide bonds. The fourth-order valence-corrected chi connectivity index (χ4v) is 6.27. The number of aryl methyl sites for hydroxylation is 1. The minimum absolute atomic E-state index is 0.165. The standard InChI is InChI=1S/C23H21ClF2N4O3S/c1-12-11-28(23(32)33)6-7-29(12)21-15-10-16(24)18(14-4-3-13(25)9-17(14)26)20-19(15)30(22(31)27-21)5-2-8-34-20/h3-4,9-10,12H,2,5-8,11H2,1H3,(H,32,33)/t12-/m0/s1. The molecule has 5 rings (SSSR count). The number of nitrogens with zero attached hydrogens (tertiary/aromatic N) is 4. The van der Waals surface area contributed by atoms with E-state index in [9.17, 15) is 23.5 Å². The van der Waals surface area contributed by atoms with E-state index in [4.69, 9.17) is 11.6 Å². The number of anilines is 1. The molecular formula is C23H21ClF2N4O3S. The average molecular weight is 507 g/mol. The molecule has 1 fully saturated rings. The van der Waals surface area contributed by atoms with E-state index >= 15 is 0 Å². The molecule has 1 aromatic heterocycles. The molecule has 3 heterocycles. The molecule has 2 aromatic carbocycles. The van der Waals surface area contributed by atoms with E-state index in [1.807, 2.05) is 11.8 Å². The molecule has 2 aliphatic heterocycles. The highest BCUT2D eigenvalue weighted by molar-refractivity contribution is 7.99. The van der Waals surface area contributed by atoms with Crippen LogP contribution in [0.15, 0.2) is 34.0 Å². The third-order valence-corrected chi connectivity index (χ3v) is 7.77. The lowest BCUT2D eigenvalue weighted by molar-refractivity contribution is 0.136. The van der Waals surface area contributed by atoms with Gasteiger partial charge in [-0.3, -0.25) is 4.57 Å². The Morgan fingerprint density at radius 2 is 2.03 bits per heavy atom. The van der Waals surface area contributed by atoms with Crippen molar-refractivity contribution < 1.29 is 18.7 Å². The number of benzene rings is 2. The normalized spacial score (nSPS) is 18.3. The topological polar surface area (TPSA) is 78.7 Å². The maximum atomic E-state index is 14.8. The first kappa shape index (κ1) is 22.9. The van der Waals surface area contributed by atoms with Gasteiger partial charge in [0.2, 0.25) is 0 Å². The van der Waals surface area contributed by atoms with Crippen molar-refractivity contribution in [2.75, 3.05) is 30.3 Å². The summed E-state index contributed by atoms with van der Waals surface area (Å²) < 4.78 is 30.0. The molecule has 3 aromatic rings. The second-order valence-corrected chi connectivity index (χ2v) is 9.94. The molecule has 1 saturated heterocycles. The first-order valence-electron chi connectivity index (χ1n) is 10.9. The summed E-state index contributed by atoms with van der Waals surface area (Å²) in [5.74, 6) is -0.292. The zero-order valence-corrected chi connectivity index (χ0v) is 19.8. The zero-order chi connectivity index (χ0) is 24.1. The van der Waals surface area contributed by atoms with Gasteiger partial charge in [-0.05, 0) is 37.3 Å². The molecule has 2 aliphatic rings. The van der Waals surface area contributed by atoms with Crippen molar-refractivity contribution in [2.24, 2.45) is 0 Å². The van der Waals surface area contributed by atoms with Gasteiger partial charge in [-0.15, -0.1) is 11.8 Å². The van der Waals surface area contributed by atoms with E-state index < -0.39 is 23.4 Å². The SMILES string of the molecule is C[C@H]1CN(C(=O)O)CCN1c1nc(=O)n2c3c(c(-c4ccc(F)cc4F)c(Cl)cc13)SCCC2. The third kappa shape index (κ3) is 3.78. The molecule has 11 heteroatoms. The first-order valence-corrected chi connectivity index (χ1v) is 12.2. The number of carbonyl (C=O) groups is 1. The number of rotatable bonds is 2. The van der Waals surface area contributed by atoms with Crippen LogP contribution >= 0.6 is 23.4 Å². The van der Waals surface area contributed by atoms with Gasteiger partial charge in [0.15, 0.2) is 0 Å². The van der Waals surface area contributed by atoms with E-state index in [0.717, 1.165) is 6.07 Å². The van der Waals surface area contributed by atoms with Crippen LogP contribution in [0.25, 0.3) is 22.0 Å². The summed E-state index contributed by atoms with van der Waals surface area (Å²) in [6, 6.07) is 4.82. The third-order valence-electron chi connectivity index (χ3n) is 6.29. The molecule has 0 aliphatic carbocycles. The quantitative estimate of drug-likeness (QED) is 0.544. The Bertz CT molecular complexity index is 1380. The van der Waals surface area contributed by atoms with E-state index in [-0.39, 0.29) is 29.7 Å². The van der Waals surface area contributed by atoms with Crippen molar-refractivity contribution in [1.82, 2.24) is 14.5 Å². The smallest absolute Gasteiger partial charge is 0.407 e. The zero-order valence-electron chi connectivity index (χ0n) is 18.2. The molecular weight excluding hydrogens is 486 g/mol. The highest BCUT2D eigenvalue weighted by Gasteiger charge is 2.31. The molecule has 178 valence electrons. The predicted octanol–water partition coefficient (Wildman–Crippen LogP) is 4.68. The van der Waals surface area contributed by atoms with Gasteiger partial charge in [-0.25, -0.2) is 18.4 Å². The maximum absolute atomic E-state index is 14.8. The Balaban J connectivity index is 1.76. The highest BCUT2D eigenvalue weighted by atomic mass is 35.5. The number of hydrogen-bond acceptors (Lipinski definition) is 5.